The molecule has 5 heteroatoms. The third-order valence-electron chi connectivity index (χ3n) is 4.32. The Morgan fingerprint density at radius 1 is 1.11 bits per heavy atom. The van der Waals surface area contributed by atoms with Crippen LogP contribution in [0.25, 0.3) is 17.1 Å². The van der Waals surface area contributed by atoms with Crippen LogP contribution in [-0.4, -0.2) is 29.2 Å². The van der Waals surface area contributed by atoms with Gasteiger partial charge in [-0.3, -0.25) is 4.98 Å². The second-order valence-electron chi connectivity index (χ2n) is 6.81. The van der Waals surface area contributed by atoms with Crippen LogP contribution >= 0.6 is 0 Å². The Kier molecular flexibility index (Phi) is 6.37. The van der Waals surface area contributed by atoms with E-state index in [0.29, 0.717) is 18.2 Å². The number of benzene rings is 2. The van der Waals surface area contributed by atoms with Gasteiger partial charge in [-0.15, -0.1) is 0 Å². The first kappa shape index (κ1) is 19.5. The number of hydrogen-bond acceptors (Lipinski definition) is 5. The quantitative estimate of drug-likeness (QED) is 0.340. The molecule has 0 aliphatic heterocycles. The molecule has 144 valence electrons. The number of ether oxygens (including phenoxy) is 2. The molecule has 1 aromatic heterocycles. The Morgan fingerprint density at radius 3 is 2.64 bits per heavy atom. The first-order valence-electron chi connectivity index (χ1n) is 9.33. The van der Waals surface area contributed by atoms with Gasteiger partial charge in [0.2, 0.25) is 0 Å². The largest absolute Gasteiger partial charge is 0.490 e. The normalized spacial score (nSPS) is 11.3. The zero-order chi connectivity index (χ0) is 19.9. The van der Waals surface area contributed by atoms with E-state index in [9.17, 15) is 4.79 Å². The molecule has 0 atom stereocenters. The molecule has 0 bridgehead atoms. The van der Waals surface area contributed by atoms with E-state index in [1.165, 1.54) is 17.2 Å². The third kappa shape index (κ3) is 5.16. The summed E-state index contributed by atoms with van der Waals surface area (Å²) in [6.45, 7) is 6.88. The van der Waals surface area contributed by atoms with E-state index < -0.39 is 5.97 Å². The Morgan fingerprint density at radius 2 is 1.89 bits per heavy atom. The molecular formula is C23H24N2O3. The summed E-state index contributed by atoms with van der Waals surface area (Å²) in [5.41, 5.74) is 4.71. The zero-order valence-electron chi connectivity index (χ0n) is 16.4. The number of rotatable bonds is 7. The molecule has 0 saturated heterocycles. The molecule has 0 fully saturated rings. The van der Waals surface area contributed by atoms with Gasteiger partial charge in [0.05, 0.1) is 22.9 Å². The van der Waals surface area contributed by atoms with Crippen LogP contribution in [0.15, 0.2) is 54.7 Å². The Bertz CT molecular complexity index is 996. The molecule has 2 aromatic carbocycles. The van der Waals surface area contributed by atoms with Gasteiger partial charge < -0.3 is 9.47 Å². The van der Waals surface area contributed by atoms with Gasteiger partial charge in [-0.2, -0.15) is 0 Å². The molecule has 0 amide bonds. The minimum absolute atomic E-state index is 0.178. The van der Waals surface area contributed by atoms with Gasteiger partial charge in [-0.05, 0) is 54.3 Å². The Labute approximate surface area is 165 Å². The number of carbonyl (C=O) groups excluding carboxylic acids is 1. The SMILES string of the molecule is Cc1cc(OCCOC(=O)/C=C/c2cnc3ccccc3n2)ccc1C(C)C. The van der Waals surface area contributed by atoms with Crippen molar-refractivity contribution in [1.82, 2.24) is 9.97 Å². The van der Waals surface area contributed by atoms with Crippen LogP contribution in [0.5, 0.6) is 5.75 Å². The van der Waals surface area contributed by atoms with Gasteiger partial charge in [-0.25, -0.2) is 9.78 Å². The molecule has 0 aliphatic rings. The number of carbonyl (C=O) groups is 1. The number of esters is 1. The maximum atomic E-state index is 11.9. The maximum absolute atomic E-state index is 11.9. The van der Waals surface area contributed by atoms with E-state index in [-0.39, 0.29) is 6.61 Å². The molecule has 0 saturated carbocycles. The average Bonchev–Trinajstić information content (AvgIpc) is 2.69. The predicted octanol–water partition coefficient (Wildman–Crippen LogP) is 4.70. The molecule has 5 nitrogen and oxygen atoms in total. The number of aromatic nitrogens is 2. The van der Waals surface area contributed by atoms with E-state index in [0.717, 1.165) is 16.8 Å². The Hall–Kier alpha value is -3.21. The number of fused-ring (bicyclic) bond motifs is 1. The fraction of sp³-hybridized carbons (Fsp3) is 0.261. The second-order valence-corrected chi connectivity index (χ2v) is 6.81. The molecule has 3 rings (SSSR count). The summed E-state index contributed by atoms with van der Waals surface area (Å²) in [5.74, 6) is 0.818. The lowest BCUT2D eigenvalue weighted by Crippen LogP contribution is -2.10. The lowest BCUT2D eigenvalue weighted by molar-refractivity contribution is -0.138. The molecule has 1 heterocycles. The van der Waals surface area contributed by atoms with Crippen LogP contribution in [0.3, 0.4) is 0 Å². The summed E-state index contributed by atoms with van der Waals surface area (Å²) in [6, 6.07) is 13.6. The number of hydrogen-bond donors (Lipinski definition) is 0. The molecular weight excluding hydrogens is 352 g/mol. The van der Waals surface area contributed by atoms with Crippen molar-refractivity contribution >= 4 is 23.1 Å². The fourth-order valence-corrected chi connectivity index (χ4v) is 2.94. The summed E-state index contributed by atoms with van der Waals surface area (Å²) < 4.78 is 10.8. The number of nitrogens with zero attached hydrogens (tertiary/aromatic N) is 2. The predicted molar refractivity (Wildman–Crippen MR) is 110 cm³/mol. The van der Waals surface area contributed by atoms with Crippen LogP contribution in [0.4, 0.5) is 0 Å². The van der Waals surface area contributed by atoms with Gasteiger partial charge >= 0.3 is 5.97 Å². The van der Waals surface area contributed by atoms with Crippen molar-refractivity contribution in [2.75, 3.05) is 13.2 Å². The lowest BCUT2D eigenvalue weighted by atomic mass is 9.98. The van der Waals surface area contributed by atoms with Crippen molar-refractivity contribution in [3.63, 3.8) is 0 Å². The van der Waals surface area contributed by atoms with Crippen LogP contribution in [0.2, 0.25) is 0 Å². The maximum Gasteiger partial charge on any atom is 0.330 e. The summed E-state index contributed by atoms with van der Waals surface area (Å²) in [7, 11) is 0. The number of aryl methyl sites for hydroxylation is 1. The highest BCUT2D eigenvalue weighted by molar-refractivity contribution is 5.87. The minimum atomic E-state index is -0.440. The molecule has 0 radical (unpaired) electrons. The van der Waals surface area contributed by atoms with E-state index in [1.54, 1.807) is 12.3 Å². The van der Waals surface area contributed by atoms with Crippen LogP contribution < -0.4 is 4.74 Å². The number of para-hydroxylation sites is 2. The van der Waals surface area contributed by atoms with E-state index in [2.05, 4.69) is 36.8 Å². The van der Waals surface area contributed by atoms with Crippen molar-refractivity contribution in [3.8, 4) is 5.75 Å². The van der Waals surface area contributed by atoms with Crippen LogP contribution in [0.1, 0.15) is 36.6 Å². The van der Waals surface area contributed by atoms with Gasteiger partial charge in [-0.1, -0.05) is 32.0 Å². The van der Waals surface area contributed by atoms with E-state index >= 15 is 0 Å². The highest BCUT2D eigenvalue weighted by Crippen LogP contribution is 2.23. The molecule has 0 spiro atoms. The first-order valence-corrected chi connectivity index (χ1v) is 9.33. The zero-order valence-corrected chi connectivity index (χ0v) is 16.4. The monoisotopic (exact) mass is 376 g/mol. The summed E-state index contributed by atoms with van der Waals surface area (Å²) in [5, 5.41) is 0. The van der Waals surface area contributed by atoms with E-state index in [4.69, 9.17) is 9.47 Å². The Balaban J connectivity index is 1.46. The van der Waals surface area contributed by atoms with Gasteiger partial charge in [0.15, 0.2) is 0 Å². The van der Waals surface area contributed by atoms with Crippen LogP contribution in [-0.2, 0) is 9.53 Å². The van der Waals surface area contributed by atoms with Crippen molar-refractivity contribution in [2.24, 2.45) is 0 Å². The summed E-state index contributed by atoms with van der Waals surface area (Å²) >= 11 is 0. The smallest absolute Gasteiger partial charge is 0.330 e. The van der Waals surface area contributed by atoms with E-state index in [1.807, 2.05) is 36.4 Å². The highest BCUT2D eigenvalue weighted by atomic mass is 16.6. The van der Waals surface area contributed by atoms with Crippen molar-refractivity contribution in [1.29, 1.82) is 0 Å². The van der Waals surface area contributed by atoms with Gasteiger partial charge in [0, 0.05) is 6.08 Å². The molecule has 3 aromatic rings. The molecule has 0 unspecified atom stereocenters. The van der Waals surface area contributed by atoms with Crippen LogP contribution in [0, 0.1) is 6.92 Å². The van der Waals surface area contributed by atoms with Crippen molar-refractivity contribution in [3.05, 3.63) is 71.6 Å². The van der Waals surface area contributed by atoms with Crippen molar-refractivity contribution < 1.29 is 14.3 Å². The minimum Gasteiger partial charge on any atom is -0.490 e. The fourth-order valence-electron chi connectivity index (χ4n) is 2.94. The summed E-state index contributed by atoms with van der Waals surface area (Å²) in [6.07, 6.45) is 4.56. The summed E-state index contributed by atoms with van der Waals surface area (Å²) in [4.78, 5) is 20.6. The average molecular weight is 376 g/mol. The van der Waals surface area contributed by atoms with Gasteiger partial charge in [0.25, 0.3) is 0 Å². The lowest BCUT2D eigenvalue weighted by Gasteiger charge is -2.12. The van der Waals surface area contributed by atoms with Crippen molar-refractivity contribution in [2.45, 2.75) is 26.7 Å². The topological polar surface area (TPSA) is 61.3 Å². The molecule has 0 N–H and O–H groups in total. The molecule has 0 aliphatic carbocycles. The standard InChI is InChI=1S/C23H24N2O3/c1-16(2)20-10-9-19(14-17(20)3)27-12-13-28-23(26)11-8-18-15-24-21-6-4-5-7-22(21)25-18/h4-11,14-16H,12-13H2,1-3H3/b11-8+. The third-order valence-corrected chi connectivity index (χ3v) is 4.32. The highest BCUT2D eigenvalue weighted by Gasteiger charge is 2.05. The molecule has 28 heavy (non-hydrogen) atoms. The second kappa shape index (κ2) is 9.13. The first-order chi connectivity index (χ1) is 13.5. The van der Waals surface area contributed by atoms with Gasteiger partial charge in [0.1, 0.15) is 19.0 Å².